The maximum atomic E-state index is 13.6. The van der Waals surface area contributed by atoms with E-state index in [0.29, 0.717) is 17.1 Å². The van der Waals surface area contributed by atoms with Crippen LogP contribution < -0.4 is 9.64 Å². The zero-order chi connectivity index (χ0) is 16.4. The number of aromatic nitrogens is 1. The first-order valence-corrected chi connectivity index (χ1v) is 7.82. The van der Waals surface area contributed by atoms with Gasteiger partial charge in [-0.3, -0.25) is 0 Å². The molecule has 2 unspecified atom stereocenters. The highest BCUT2D eigenvalue weighted by atomic mass is 19.1. The number of pyridine rings is 1. The van der Waals surface area contributed by atoms with E-state index in [1.165, 1.54) is 6.07 Å². The molecule has 1 saturated heterocycles. The van der Waals surface area contributed by atoms with Crippen molar-refractivity contribution in [1.82, 2.24) is 4.98 Å². The molecule has 0 saturated carbocycles. The molecule has 1 aromatic heterocycles. The molecule has 0 N–H and O–H groups in total. The van der Waals surface area contributed by atoms with E-state index in [4.69, 9.17) is 9.47 Å². The van der Waals surface area contributed by atoms with Crippen LogP contribution in [0.25, 0.3) is 0 Å². The molecule has 1 fully saturated rings. The second-order valence-corrected chi connectivity index (χ2v) is 6.03. The lowest BCUT2D eigenvalue weighted by atomic mass is 10.2. The molecule has 0 spiro atoms. The first kappa shape index (κ1) is 15.7. The van der Waals surface area contributed by atoms with Crippen molar-refractivity contribution in [3.05, 3.63) is 47.9 Å². The largest absolute Gasteiger partial charge is 0.457 e. The van der Waals surface area contributed by atoms with Crippen LogP contribution >= 0.6 is 0 Å². The number of halogens is 1. The maximum Gasteiger partial charge on any atom is 0.132 e. The number of morpholine rings is 1. The molecule has 1 aromatic carbocycles. The number of hydrogen-bond donors (Lipinski definition) is 0. The molecule has 0 amide bonds. The number of ether oxygens (including phenoxy) is 2. The SMILES string of the molecule is Cc1ccc(Oc2ccnc(N3CC(C)OC(C)C3)c2)cc1F. The summed E-state index contributed by atoms with van der Waals surface area (Å²) in [5.41, 5.74) is 0.601. The molecule has 5 heteroatoms. The fraction of sp³-hybridized carbons (Fsp3) is 0.389. The first-order chi connectivity index (χ1) is 11.0. The van der Waals surface area contributed by atoms with Crippen molar-refractivity contribution >= 4 is 5.82 Å². The molecule has 0 aliphatic carbocycles. The Morgan fingerprint density at radius 2 is 1.83 bits per heavy atom. The van der Waals surface area contributed by atoms with Gasteiger partial charge in [-0.05, 0) is 38.5 Å². The second-order valence-electron chi connectivity index (χ2n) is 6.03. The smallest absolute Gasteiger partial charge is 0.132 e. The van der Waals surface area contributed by atoms with Gasteiger partial charge in [-0.2, -0.15) is 0 Å². The van der Waals surface area contributed by atoms with Gasteiger partial charge < -0.3 is 14.4 Å². The predicted molar refractivity (Wildman–Crippen MR) is 87.7 cm³/mol. The van der Waals surface area contributed by atoms with Crippen molar-refractivity contribution in [3.63, 3.8) is 0 Å². The van der Waals surface area contributed by atoms with Crippen LogP contribution in [0.3, 0.4) is 0 Å². The first-order valence-electron chi connectivity index (χ1n) is 7.82. The van der Waals surface area contributed by atoms with Gasteiger partial charge in [0.2, 0.25) is 0 Å². The van der Waals surface area contributed by atoms with E-state index in [9.17, 15) is 4.39 Å². The standard InChI is InChI=1S/C18H21FN2O2/c1-12-4-5-15(8-17(12)19)23-16-6-7-20-18(9-16)21-10-13(2)22-14(3)11-21/h4-9,13-14H,10-11H2,1-3H3. The summed E-state index contributed by atoms with van der Waals surface area (Å²) in [4.78, 5) is 6.60. The molecule has 2 atom stereocenters. The van der Waals surface area contributed by atoms with Gasteiger partial charge in [0.1, 0.15) is 23.1 Å². The third-order valence-corrected chi connectivity index (χ3v) is 3.84. The van der Waals surface area contributed by atoms with Gasteiger partial charge in [0.15, 0.2) is 0 Å². The Morgan fingerprint density at radius 3 is 2.52 bits per heavy atom. The monoisotopic (exact) mass is 316 g/mol. The van der Waals surface area contributed by atoms with E-state index in [2.05, 4.69) is 23.7 Å². The van der Waals surface area contributed by atoms with Crippen LogP contribution in [0.15, 0.2) is 36.5 Å². The van der Waals surface area contributed by atoms with E-state index >= 15 is 0 Å². The summed E-state index contributed by atoms with van der Waals surface area (Å²) in [5.74, 6) is 1.70. The molecular weight excluding hydrogens is 295 g/mol. The van der Waals surface area contributed by atoms with Crippen LogP contribution in [-0.2, 0) is 4.74 Å². The van der Waals surface area contributed by atoms with Gasteiger partial charge in [0.25, 0.3) is 0 Å². The van der Waals surface area contributed by atoms with Crippen molar-refractivity contribution in [2.45, 2.75) is 33.0 Å². The molecule has 4 nitrogen and oxygen atoms in total. The predicted octanol–water partition coefficient (Wildman–Crippen LogP) is 3.94. The van der Waals surface area contributed by atoms with Crippen LogP contribution in [-0.4, -0.2) is 30.3 Å². The summed E-state index contributed by atoms with van der Waals surface area (Å²) < 4.78 is 25.1. The Labute approximate surface area is 135 Å². The van der Waals surface area contributed by atoms with E-state index < -0.39 is 0 Å². The minimum atomic E-state index is -0.271. The summed E-state index contributed by atoms with van der Waals surface area (Å²) >= 11 is 0. The van der Waals surface area contributed by atoms with E-state index in [-0.39, 0.29) is 18.0 Å². The minimum Gasteiger partial charge on any atom is -0.457 e. The summed E-state index contributed by atoms with van der Waals surface area (Å²) in [7, 11) is 0. The number of aryl methyl sites for hydroxylation is 1. The maximum absolute atomic E-state index is 13.6. The van der Waals surface area contributed by atoms with E-state index in [1.807, 2.05) is 6.07 Å². The molecule has 1 aliphatic rings. The Bertz CT molecular complexity index is 682. The van der Waals surface area contributed by atoms with Crippen molar-refractivity contribution < 1.29 is 13.9 Å². The summed E-state index contributed by atoms with van der Waals surface area (Å²) in [5, 5.41) is 0. The van der Waals surface area contributed by atoms with Gasteiger partial charge in [-0.1, -0.05) is 6.07 Å². The summed E-state index contributed by atoms with van der Waals surface area (Å²) in [6.07, 6.45) is 2.03. The second kappa shape index (κ2) is 6.54. The number of nitrogens with zero attached hydrogens (tertiary/aromatic N) is 2. The van der Waals surface area contributed by atoms with Crippen molar-refractivity contribution in [2.75, 3.05) is 18.0 Å². The molecule has 0 bridgehead atoms. The quantitative estimate of drug-likeness (QED) is 0.859. The Hall–Kier alpha value is -2.14. The van der Waals surface area contributed by atoms with Crippen LogP contribution in [0.4, 0.5) is 10.2 Å². The summed E-state index contributed by atoms with van der Waals surface area (Å²) in [6, 6.07) is 8.51. The van der Waals surface area contributed by atoms with Crippen molar-refractivity contribution in [2.24, 2.45) is 0 Å². The fourth-order valence-corrected chi connectivity index (χ4v) is 2.77. The van der Waals surface area contributed by atoms with E-state index in [1.54, 1.807) is 31.3 Å². The number of hydrogen-bond acceptors (Lipinski definition) is 4. The van der Waals surface area contributed by atoms with Crippen molar-refractivity contribution in [1.29, 1.82) is 0 Å². The van der Waals surface area contributed by atoms with Crippen LogP contribution in [0.1, 0.15) is 19.4 Å². The highest BCUT2D eigenvalue weighted by molar-refractivity contribution is 5.45. The molecule has 2 heterocycles. The fourth-order valence-electron chi connectivity index (χ4n) is 2.77. The lowest BCUT2D eigenvalue weighted by Crippen LogP contribution is -2.45. The third kappa shape index (κ3) is 3.79. The van der Waals surface area contributed by atoms with Gasteiger partial charge in [0, 0.05) is 31.4 Å². The molecule has 23 heavy (non-hydrogen) atoms. The zero-order valence-electron chi connectivity index (χ0n) is 13.6. The Kier molecular flexibility index (Phi) is 4.48. The average Bonchev–Trinajstić information content (AvgIpc) is 2.50. The third-order valence-electron chi connectivity index (χ3n) is 3.84. The lowest BCUT2D eigenvalue weighted by Gasteiger charge is -2.36. The van der Waals surface area contributed by atoms with Crippen molar-refractivity contribution in [3.8, 4) is 11.5 Å². The van der Waals surface area contributed by atoms with Crippen LogP contribution in [0, 0.1) is 12.7 Å². The van der Waals surface area contributed by atoms with Crippen LogP contribution in [0.5, 0.6) is 11.5 Å². The van der Waals surface area contributed by atoms with Gasteiger partial charge in [-0.15, -0.1) is 0 Å². The van der Waals surface area contributed by atoms with Gasteiger partial charge in [0.05, 0.1) is 12.2 Å². The molecule has 122 valence electrons. The Balaban J connectivity index is 1.78. The lowest BCUT2D eigenvalue weighted by molar-refractivity contribution is -0.00547. The average molecular weight is 316 g/mol. The van der Waals surface area contributed by atoms with Gasteiger partial charge in [-0.25, -0.2) is 9.37 Å². The zero-order valence-corrected chi connectivity index (χ0v) is 13.6. The number of rotatable bonds is 3. The molecule has 3 rings (SSSR count). The molecule has 0 radical (unpaired) electrons. The number of anilines is 1. The normalized spacial score (nSPS) is 21.3. The summed E-state index contributed by atoms with van der Waals surface area (Å²) in [6.45, 7) is 7.42. The molecule has 1 aliphatic heterocycles. The Morgan fingerprint density at radius 1 is 1.13 bits per heavy atom. The molecule has 2 aromatic rings. The highest BCUT2D eigenvalue weighted by Gasteiger charge is 2.23. The van der Waals surface area contributed by atoms with Crippen LogP contribution in [0.2, 0.25) is 0 Å². The van der Waals surface area contributed by atoms with Gasteiger partial charge >= 0.3 is 0 Å². The minimum absolute atomic E-state index is 0.163. The topological polar surface area (TPSA) is 34.6 Å². The highest BCUT2D eigenvalue weighted by Crippen LogP contribution is 2.27. The van der Waals surface area contributed by atoms with E-state index in [0.717, 1.165) is 18.9 Å². The molecular formula is C18H21FN2O2. The number of benzene rings is 1.